The number of nitrogens with zero attached hydrogens (tertiary/aromatic N) is 5. The summed E-state index contributed by atoms with van der Waals surface area (Å²) in [5.74, 6) is 1.39. The maximum atomic E-state index is 13.1. The van der Waals surface area contributed by atoms with E-state index in [1.807, 2.05) is 90.3 Å². The van der Waals surface area contributed by atoms with Crippen molar-refractivity contribution in [1.82, 2.24) is 24.4 Å². The van der Waals surface area contributed by atoms with Crippen LogP contribution in [0.5, 0.6) is 5.75 Å². The molecule has 3 aromatic carbocycles. The number of hydrogen-bond acceptors (Lipinski definition) is 6. The number of carbonyl (C=O) groups excluding carboxylic acids is 1. The number of fused-ring (bicyclic) bond motifs is 1. The van der Waals surface area contributed by atoms with Gasteiger partial charge >= 0.3 is 0 Å². The van der Waals surface area contributed by atoms with E-state index in [1.54, 1.807) is 34.6 Å². The topological polar surface area (TPSA) is 97.3 Å². The Morgan fingerprint density at radius 2 is 1.65 bits per heavy atom. The molecule has 0 bridgehead atoms. The summed E-state index contributed by atoms with van der Waals surface area (Å²) in [6, 6.07) is 29.0. The number of pyridine rings is 1. The van der Waals surface area contributed by atoms with Crippen LogP contribution in [0.1, 0.15) is 37.6 Å². The highest BCUT2D eigenvalue weighted by Gasteiger charge is 2.21. The lowest BCUT2D eigenvalue weighted by atomic mass is 9.92. The molecule has 0 saturated carbocycles. The second kappa shape index (κ2) is 11.4. The number of rotatable bonds is 7. The predicted octanol–water partition coefficient (Wildman–Crippen LogP) is 7.23. The smallest absolute Gasteiger partial charge is 0.229 e. The van der Waals surface area contributed by atoms with E-state index in [4.69, 9.17) is 5.10 Å². The van der Waals surface area contributed by atoms with Crippen LogP contribution in [0.3, 0.4) is 0 Å². The Kier molecular flexibility index (Phi) is 7.50. The average Bonchev–Trinajstić information content (AvgIpc) is 3.59. The van der Waals surface area contributed by atoms with Crippen LogP contribution in [0.4, 0.5) is 5.82 Å². The van der Waals surface area contributed by atoms with Crippen molar-refractivity contribution in [3.63, 3.8) is 0 Å². The molecule has 9 heteroatoms. The van der Waals surface area contributed by atoms with E-state index in [0.29, 0.717) is 11.6 Å². The van der Waals surface area contributed by atoms with Gasteiger partial charge in [0.2, 0.25) is 5.91 Å². The molecule has 216 valence electrons. The van der Waals surface area contributed by atoms with Crippen molar-refractivity contribution < 1.29 is 9.90 Å². The van der Waals surface area contributed by atoms with E-state index < -0.39 is 0 Å². The largest absolute Gasteiger partial charge is 0.508 e. The molecule has 6 aromatic rings. The van der Waals surface area contributed by atoms with Crippen LogP contribution in [0.25, 0.3) is 22.7 Å². The average molecular weight is 589 g/mol. The van der Waals surface area contributed by atoms with E-state index in [-0.39, 0.29) is 23.5 Å². The van der Waals surface area contributed by atoms with Crippen molar-refractivity contribution in [3.05, 3.63) is 114 Å². The summed E-state index contributed by atoms with van der Waals surface area (Å²) in [7, 11) is 0. The number of benzene rings is 3. The van der Waals surface area contributed by atoms with Crippen LogP contribution in [-0.4, -0.2) is 35.4 Å². The Morgan fingerprint density at radius 3 is 2.37 bits per heavy atom. The van der Waals surface area contributed by atoms with Crippen LogP contribution in [0, 0.1) is 6.92 Å². The van der Waals surface area contributed by atoms with Gasteiger partial charge < -0.3 is 10.4 Å². The van der Waals surface area contributed by atoms with Crippen molar-refractivity contribution in [3.8, 4) is 22.8 Å². The lowest BCUT2D eigenvalue weighted by molar-refractivity contribution is -0.115. The Balaban J connectivity index is 1.16. The minimum absolute atomic E-state index is 0.105. The maximum Gasteiger partial charge on any atom is 0.229 e. The predicted molar refractivity (Wildman–Crippen MR) is 170 cm³/mol. The highest BCUT2D eigenvalue weighted by Crippen LogP contribution is 2.30. The van der Waals surface area contributed by atoms with Crippen molar-refractivity contribution >= 4 is 29.1 Å². The number of phenolic OH excluding ortho intramolecular Hbond substituents is 1. The molecule has 0 atom stereocenters. The molecule has 0 radical (unpaired) electrons. The molecule has 3 aromatic heterocycles. The SMILES string of the molecule is Cc1ccc(-n2nc(C(C)(C)C)cc2NC(=O)Cc2ccc(Sc3ccc4nnc(-c5cccc(O)c5)n4c3)cc2)cc1. The summed E-state index contributed by atoms with van der Waals surface area (Å²) >= 11 is 1.61. The van der Waals surface area contributed by atoms with Gasteiger partial charge in [-0.2, -0.15) is 5.10 Å². The van der Waals surface area contributed by atoms with Gasteiger partial charge in [0.15, 0.2) is 11.5 Å². The fourth-order valence-corrected chi connectivity index (χ4v) is 5.52. The third-order valence-electron chi connectivity index (χ3n) is 7.03. The quantitative estimate of drug-likeness (QED) is 0.204. The first kappa shape index (κ1) is 28.2. The van der Waals surface area contributed by atoms with Crippen LogP contribution in [0.2, 0.25) is 0 Å². The molecule has 3 heterocycles. The third kappa shape index (κ3) is 6.32. The Bertz CT molecular complexity index is 1920. The van der Waals surface area contributed by atoms with Gasteiger partial charge in [0, 0.05) is 33.0 Å². The van der Waals surface area contributed by atoms with Gasteiger partial charge in [-0.05, 0) is 61.0 Å². The number of hydrogen-bond donors (Lipinski definition) is 2. The van der Waals surface area contributed by atoms with E-state index in [2.05, 4.69) is 36.3 Å². The van der Waals surface area contributed by atoms with E-state index >= 15 is 0 Å². The van der Waals surface area contributed by atoms with Crippen LogP contribution < -0.4 is 5.32 Å². The second-order valence-electron chi connectivity index (χ2n) is 11.6. The first-order valence-corrected chi connectivity index (χ1v) is 14.8. The molecule has 6 rings (SSSR count). The highest BCUT2D eigenvalue weighted by molar-refractivity contribution is 7.99. The minimum Gasteiger partial charge on any atom is -0.508 e. The number of amides is 1. The normalized spacial score (nSPS) is 11.6. The lowest BCUT2D eigenvalue weighted by Gasteiger charge is -2.14. The van der Waals surface area contributed by atoms with Gasteiger partial charge in [-0.15, -0.1) is 10.2 Å². The van der Waals surface area contributed by atoms with Gasteiger partial charge in [-0.1, -0.05) is 74.5 Å². The molecule has 2 N–H and O–H groups in total. The van der Waals surface area contributed by atoms with Crippen molar-refractivity contribution in [2.75, 3.05) is 5.32 Å². The fourth-order valence-electron chi connectivity index (χ4n) is 4.68. The molecule has 43 heavy (non-hydrogen) atoms. The van der Waals surface area contributed by atoms with E-state index in [1.165, 1.54) is 0 Å². The van der Waals surface area contributed by atoms with Gasteiger partial charge in [0.1, 0.15) is 11.6 Å². The zero-order valence-corrected chi connectivity index (χ0v) is 25.3. The molecular formula is C34H32N6O2S. The van der Waals surface area contributed by atoms with Crippen LogP contribution >= 0.6 is 11.8 Å². The molecular weight excluding hydrogens is 556 g/mol. The molecule has 0 aliphatic heterocycles. The number of carbonyl (C=O) groups is 1. The second-order valence-corrected chi connectivity index (χ2v) is 12.7. The summed E-state index contributed by atoms with van der Waals surface area (Å²) in [4.78, 5) is 15.2. The van der Waals surface area contributed by atoms with Crippen LogP contribution in [-0.2, 0) is 16.6 Å². The molecule has 1 amide bonds. The standard InChI is InChI=1S/C34H32N6O2S/c1-22-8-12-25(13-9-22)40-31(20-29(38-40)34(2,3)4)35-32(42)18-23-10-14-27(15-11-23)43-28-16-17-30-36-37-33(39(30)21-28)24-6-5-7-26(41)19-24/h5-17,19-21,41H,18H2,1-4H3,(H,35,42). The molecule has 0 fully saturated rings. The van der Waals surface area contributed by atoms with E-state index in [0.717, 1.165) is 43.5 Å². The zero-order valence-electron chi connectivity index (χ0n) is 24.4. The van der Waals surface area contributed by atoms with Crippen molar-refractivity contribution in [2.45, 2.75) is 49.3 Å². The van der Waals surface area contributed by atoms with Gasteiger partial charge in [0.05, 0.1) is 17.8 Å². The number of aryl methyl sites for hydroxylation is 1. The lowest BCUT2D eigenvalue weighted by Crippen LogP contribution is -2.17. The molecule has 0 unspecified atom stereocenters. The molecule has 0 aliphatic carbocycles. The summed E-state index contributed by atoms with van der Waals surface area (Å²) in [5, 5.41) is 26.4. The van der Waals surface area contributed by atoms with Crippen molar-refractivity contribution in [2.24, 2.45) is 0 Å². The Morgan fingerprint density at radius 1 is 0.907 bits per heavy atom. The van der Waals surface area contributed by atoms with E-state index in [9.17, 15) is 9.90 Å². The van der Waals surface area contributed by atoms with Crippen molar-refractivity contribution in [1.29, 1.82) is 0 Å². The molecule has 0 saturated heterocycles. The molecule has 0 spiro atoms. The zero-order chi connectivity index (χ0) is 30.1. The highest BCUT2D eigenvalue weighted by atomic mass is 32.2. The minimum atomic E-state index is -0.159. The monoisotopic (exact) mass is 588 g/mol. The molecule has 0 aliphatic rings. The molecule has 8 nitrogen and oxygen atoms in total. The number of aromatic nitrogens is 5. The first-order valence-electron chi connectivity index (χ1n) is 14.0. The Labute approximate surface area is 254 Å². The van der Waals surface area contributed by atoms with Gasteiger partial charge in [0.25, 0.3) is 0 Å². The maximum absolute atomic E-state index is 13.1. The number of nitrogens with one attached hydrogen (secondary N) is 1. The van der Waals surface area contributed by atoms with Crippen LogP contribution in [0.15, 0.2) is 107 Å². The number of aromatic hydroxyl groups is 1. The third-order valence-corrected chi connectivity index (χ3v) is 8.01. The first-order chi connectivity index (χ1) is 20.6. The summed E-state index contributed by atoms with van der Waals surface area (Å²) in [6.07, 6.45) is 2.23. The summed E-state index contributed by atoms with van der Waals surface area (Å²) in [5.41, 5.74) is 5.24. The number of phenols is 1. The van der Waals surface area contributed by atoms with Gasteiger partial charge in [-0.25, -0.2) is 4.68 Å². The number of anilines is 1. The summed E-state index contributed by atoms with van der Waals surface area (Å²) < 4.78 is 3.72. The fraction of sp³-hybridized carbons (Fsp3) is 0.176. The Hall–Kier alpha value is -4.89. The van der Waals surface area contributed by atoms with Gasteiger partial charge in [-0.3, -0.25) is 9.20 Å². The summed E-state index contributed by atoms with van der Waals surface area (Å²) in [6.45, 7) is 8.37.